The van der Waals surface area contributed by atoms with E-state index in [1.165, 1.54) is 5.56 Å². The summed E-state index contributed by atoms with van der Waals surface area (Å²) in [6.45, 7) is 4.75. The molecule has 0 saturated carbocycles. The molecule has 2 heterocycles. The highest BCUT2D eigenvalue weighted by Crippen LogP contribution is 2.21. The molecule has 2 aromatic heterocycles. The number of halogens is 1. The normalized spacial score (nSPS) is 11.0. The molecule has 0 unspecified atom stereocenters. The molecule has 21 heavy (non-hydrogen) atoms. The maximum absolute atomic E-state index is 5.85. The van der Waals surface area contributed by atoms with Crippen LogP contribution in [-0.4, -0.2) is 16.0 Å². The van der Waals surface area contributed by atoms with Gasteiger partial charge in [-0.05, 0) is 59.1 Å². The highest BCUT2D eigenvalue weighted by atomic mass is 79.9. The van der Waals surface area contributed by atoms with Gasteiger partial charge in [0.2, 0.25) is 0 Å². The van der Waals surface area contributed by atoms with Crippen molar-refractivity contribution in [1.29, 1.82) is 0 Å². The first-order valence-electron chi connectivity index (χ1n) is 6.96. The Balaban J connectivity index is 1.75. The summed E-state index contributed by atoms with van der Waals surface area (Å²) in [6, 6.07) is 12.3. The lowest BCUT2D eigenvalue weighted by atomic mass is 10.2. The number of hydrogen-bond acceptors (Lipinski definition) is 2. The van der Waals surface area contributed by atoms with Crippen LogP contribution in [0.25, 0.3) is 5.52 Å². The van der Waals surface area contributed by atoms with E-state index < -0.39 is 0 Å². The molecule has 0 aliphatic rings. The highest BCUT2D eigenvalue weighted by Gasteiger charge is 2.09. The minimum absolute atomic E-state index is 0.615. The summed E-state index contributed by atoms with van der Waals surface area (Å²) in [5.74, 6) is 1.94. The fourth-order valence-electron chi connectivity index (χ4n) is 2.36. The third-order valence-corrected chi connectivity index (χ3v) is 4.09. The van der Waals surface area contributed by atoms with Gasteiger partial charge < -0.3 is 9.14 Å². The number of nitrogens with zero attached hydrogens (tertiary/aromatic N) is 2. The maximum Gasteiger partial charge on any atom is 0.132 e. The van der Waals surface area contributed by atoms with Crippen LogP contribution < -0.4 is 4.74 Å². The lowest BCUT2D eigenvalue weighted by molar-refractivity contribution is 0.316. The largest absolute Gasteiger partial charge is 0.493 e. The van der Waals surface area contributed by atoms with Crippen LogP contribution in [0, 0.1) is 13.8 Å². The number of para-hydroxylation sites is 1. The van der Waals surface area contributed by atoms with E-state index in [1.807, 2.05) is 18.2 Å². The van der Waals surface area contributed by atoms with Gasteiger partial charge in [-0.3, -0.25) is 0 Å². The molecule has 0 amide bonds. The molecule has 0 atom stereocenters. The molecule has 4 heteroatoms. The van der Waals surface area contributed by atoms with Crippen molar-refractivity contribution in [1.82, 2.24) is 9.38 Å². The summed E-state index contributed by atoms with van der Waals surface area (Å²) in [4.78, 5) is 4.58. The minimum Gasteiger partial charge on any atom is -0.493 e. The molecule has 1 aromatic carbocycles. The van der Waals surface area contributed by atoms with E-state index in [0.29, 0.717) is 6.61 Å². The summed E-state index contributed by atoms with van der Waals surface area (Å²) in [6.07, 6.45) is 2.83. The first-order chi connectivity index (χ1) is 10.1. The van der Waals surface area contributed by atoms with Crippen molar-refractivity contribution in [3.63, 3.8) is 0 Å². The third kappa shape index (κ3) is 2.95. The van der Waals surface area contributed by atoms with Crippen molar-refractivity contribution in [2.24, 2.45) is 0 Å². The molecule has 0 saturated heterocycles. The first kappa shape index (κ1) is 14.1. The van der Waals surface area contributed by atoms with Gasteiger partial charge in [-0.2, -0.15) is 0 Å². The number of benzene rings is 1. The Morgan fingerprint density at radius 2 is 2.00 bits per heavy atom. The number of aryl methyl sites for hydroxylation is 2. The van der Waals surface area contributed by atoms with Gasteiger partial charge in [-0.15, -0.1) is 0 Å². The summed E-state index contributed by atoms with van der Waals surface area (Å²) in [5.41, 5.74) is 3.48. The van der Waals surface area contributed by atoms with Crippen LogP contribution in [0.4, 0.5) is 0 Å². The average molecular weight is 345 g/mol. The van der Waals surface area contributed by atoms with Crippen molar-refractivity contribution in [2.45, 2.75) is 20.3 Å². The lowest BCUT2D eigenvalue weighted by Crippen LogP contribution is -2.05. The van der Waals surface area contributed by atoms with Gasteiger partial charge in [-0.1, -0.05) is 18.2 Å². The quantitative estimate of drug-likeness (QED) is 0.703. The van der Waals surface area contributed by atoms with E-state index in [1.54, 1.807) is 0 Å². The molecular formula is C17H17BrN2O. The zero-order chi connectivity index (χ0) is 14.8. The summed E-state index contributed by atoms with van der Waals surface area (Å²) < 4.78 is 8.85. The molecule has 3 nitrogen and oxygen atoms in total. The molecule has 0 bridgehead atoms. The average Bonchev–Trinajstić information content (AvgIpc) is 2.77. The number of fused-ring (bicyclic) bond motifs is 1. The van der Waals surface area contributed by atoms with Gasteiger partial charge in [0.25, 0.3) is 0 Å². The standard InChI is InChI=1S/C17H17BrN2O/c1-12-7-9-20-14(11-12)17(18)19-16(20)8-10-21-15-6-4-3-5-13(15)2/h3-7,9,11H,8,10H2,1-2H3. The molecular weight excluding hydrogens is 328 g/mol. The van der Waals surface area contributed by atoms with Crippen LogP contribution >= 0.6 is 15.9 Å². The fourth-order valence-corrected chi connectivity index (χ4v) is 2.87. The minimum atomic E-state index is 0.615. The molecule has 0 aliphatic carbocycles. The Kier molecular flexibility index (Phi) is 3.97. The van der Waals surface area contributed by atoms with Crippen LogP contribution in [0.5, 0.6) is 5.75 Å². The Hall–Kier alpha value is -1.81. The second-order valence-electron chi connectivity index (χ2n) is 5.14. The molecule has 3 aromatic rings. The van der Waals surface area contributed by atoms with E-state index >= 15 is 0 Å². The molecule has 108 valence electrons. The van der Waals surface area contributed by atoms with Crippen LogP contribution in [0.3, 0.4) is 0 Å². The number of rotatable bonds is 4. The van der Waals surface area contributed by atoms with E-state index in [0.717, 1.165) is 33.7 Å². The van der Waals surface area contributed by atoms with Gasteiger partial charge in [-0.25, -0.2) is 4.98 Å². The van der Waals surface area contributed by atoms with Crippen LogP contribution in [0.2, 0.25) is 0 Å². The molecule has 0 N–H and O–H groups in total. The Bertz CT molecular complexity index is 780. The topological polar surface area (TPSA) is 26.5 Å². The lowest BCUT2D eigenvalue weighted by Gasteiger charge is -2.08. The fraction of sp³-hybridized carbons (Fsp3) is 0.235. The number of pyridine rings is 1. The van der Waals surface area contributed by atoms with Gasteiger partial charge >= 0.3 is 0 Å². The molecule has 0 radical (unpaired) electrons. The number of ether oxygens (including phenoxy) is 1. The van der Waals surface area contributed by atoms with Crippen molar-refractivity contribution < 1.29 is 4.74 Å². The Morgan fingerprint density at radius 1 is 1.19 bits per heavy atom. The monoisotopic (exact) mass is 344 g/mol. The van der Waals surface area contributed by atoms with Crippen LogP contribution in [0.15, 0.2) is 47.2 Å². The van der Waals surface area contributed by atoms with Crippen molar-refractivity contribution in [3.8, 4) is 5.75 Å². The summed E-state index contributed by atoms with van der Waals surface area (Å²) in [5, 5.41) is 0. The summed E-state index contributed by atoms with van der Waals surface area (Å²) in [7, 11) is 0. The van der Waals surface area contributed by atoms with Gasteiger partial charge in [0.05, 0.1) is 12.1 Å². The molecule has 0 spiro atoms. The smallest absolute Gasteiger partial charge is 0.132 e. The van der Waals surface area contributed by atoms with Crippen molar-refractivity contribution in [3.05, 3.63) is 64.1 Å². The highest BCUT2D eigenvalue weighted by molar-refractivity contribution is 9.10. The maximum atomic E-state index is 5.85. The molecule has 0 fully saturated rings. The van der Waals surface area contributed by atoms with E-state index in [-0.39, 0.29) is 0 Å². The molecule has 3 rings (SSSR count). The zero-order valence-corrected chi connectivity index (χ0v) is 13.7. The third-order valence-electron chi connectivity index (χ3n) is 3.50. The van der Waals surface area contributed by atoms with Crippen molar-refractivity contribution in [2.75, 3.05) is 6.61 Å². The van der Waals surface area contributed by atoms with Crippen LogP contribution in [-0.2, 0) is 6.42 Å². The van der Waals surface area contributed by atoms with Gasteiger partial charge in [0.15, 0.2) is 0 Å². The zero-order valence-electron chi connectivity index (χ0n) is 12.1. The van der Waals surface area contributed by atoms with Crippen LogP contribution in [0.1, 0.15) is 17.0 Å². The predicted octanol–water partition coefficient (Wildman–Crippen LogP) is 4.34. The number of aromatic nitrogens is 2. The van der Waals surface area contributed by atoms with Gasteiger partial charge in [0, 0.05) is 12.6 Å². The Labute approximate surface area is 132 Å². The SMILES string of the molecule is Cc1ccn2c(CCOc3ccccc3C)nc(Br)c2c1. The second kappa shape index (κ2) is 5.90. The van der Waals surface area contributed by atoms with E-state index in [9.17, 15) is 0 Å². The first-order valence-corrected chi connectivity index (χ1v) is 7.76. The second-order valence-corrected chi connectivity index (χ2v) is 5.89. The van der Waals surface area contributed by atoms with Crippen molar-refractivity contribution >= 4 is 21.4 Å². The summed E-state index contributed by atoms with van der Waals surface area (Å²) >= 11 is 3.53. The number of imidazole rings is 1. The molecule has 0 aliphatic heterocycles. The van der Waals surface area contributed by atoms with E-state index in [4.69, 9.17) is 4.74 Å². The predicted molar refractivity (Wildman–Crippen MR) is 88.0 cm³/mol. The van der Waals surface area contributed by atoms with Gasteiger partial charge in [0.1, 0.15) is 16.2 Å². The Morgan fingerprint density at radius 3 is 2.81 bits per heavy atom. The van der Waals surface area contributed by atoms with E-state index in [2.05, 4.69) is 63.6 Å². The number of hydrogen-bond donors (Lipinski definition) is 0.